The molecule has 0 aliphatic heterocycles. The van der Waals surface area contributed by atoms with Crippen LogP contribution in [0.1, 0.15) is 48.0 Å². The van der Waals surface area contributed by atoms with Crippen LogP contribution in [0.15, 0.2) is 66.9 Å². The van der Waals surface area contributed by atoms with E-state index in [2.05, 4.69) is 36.9 Å². The molecule has 0 N–H and O–H groups in total. The van der Waals surface area contributed by atoms with Gasteiger partial charge >= 0.3 is 0 Å². The van der Waals surface area contributed by atoms with Crippen molar-refractivity contribution in [1.29, 1.82) is 5.26 Å². The maximum atomic E-state index is 12.9. The average molecular weight is 394 g/mol. The Hall–Kier alpha value is -3.78. The van der Waals surface area contributed by atoms with Crippen LogP contribution < -0.4 is 0 Å². The van der Waals surface area contributed by atoms with E-state index in [9.17, 15) is 4.79 Å². The van der Waals surface area contributed by atoms with Gasteiger partial charge in [-0.1, -0.05) is 57.2 Å². The zero-order valence-corrected chi connectivity index (χ0v) is 17.3. The second-order valence-electron chi connectivity index (χ2n) is 8.35. The van der Waals surface area contributed by atoms with Crippen LogP contribution in [0.2, 0.25) is 0 Å². The highest BCUT2D eigenvalue weighted by Gasteiger charge is 2.16. The van der Waals surface area contributed by atoms with Crippen LogP contribution in [-0.4, -0.2) is 20.4 Å². The van der Waals surface area contributed by atoms with Crippen molar-refractivity contribution in [3.8, 4) is 17.3 Å². The highest BCUT2D eigenvalue weighted by Crippen LogP contribution is 2.24. The number of carbonyl (C=O) groups excluding carboxylic acids is 1. The first-order valence-corrected chi connectivity index (χ1v) is 9.83. The Labute approximate surface area is 175 Å². The SMILES string of the molecule is CC(C)(C)c1ccc(C(=O)Cc2cc(-c3ccc(C#N)cc3)n3nccc3n2)cc1. The predicted octanol–water partition coefficient (Wildman–Crippen LogP) is 4.99. The number of fused-ring (bicyclic) bond motifs is 1. The number of rotatable bonds is 4. The van der Waals surface area contributed by atoms with Crippen molar-refractivity contribution in [2.45, 2.75) is 32.6 Å². The Kier molecular flexibility index (Phi) is 4.93. The first kappa shape index (κ1) is 19.5. The Bertz CT molecular complexity index is 1250. The third kappa shape index (κ3) is 3.85. The predicted molar refractivity (Wildman–Crippen MR) is 116 cm³/mol. The number of carbonyl (C=O) groups is 1. The van der Waals surface area contributed by atoms with Gasteiger partial charge in [0.2, 0.25) is 0 Å². The highest BCUT2D eigenvalue weighted by atomic mass is 16.1. The average Bonchev–Trinajstić information content (AvgIpc) is 3.21. The van der Waals surface area contributed by atoms with Crippen LogP contribution in [0.25, 0.3) is 16.9 Å². The molecule has 148 valence electrons. The maximum Gasteiger partial charge on any atom is 0.168 e. The summed E-state index contributed by atoms with van der Waals surface area (Å²) in [6.45, 7) is 6.46. The minimum atomic E-state index is 0.0256. The van der Waals surface area contributed by atoms with Crippen LogP contribution in [0.4, 0.5) is 0 Å². The topological polar surface area (TPSA) is 71.0 Å². The number of nitrogens with zero attached hydrogens (tertiary/aromatic N) is 4. The quantitative estimate of drug-likeness (QED) is 0.457. The van der Waals surface area contributed by atoms with Gasteiger partial charge in [-0.15, -0.1) is 0 Å². The van der Waals surface area contributed by atoms with Gasteiger partial charge in [0.1, 0.15) is 0 Å². The second-order valence-corrected chi connectivity index (χ2v) is 8.35. The van der Waals surface area contributed by atoms with Crippen molar-refractivity contribution < 1.29 is 4.79 Å². The van der Waals surface area contributed by atoms with Crippen molar-refractivity contribution in [2.75, 3.05) is 0 Å². The van der Waals surface area contributed by atoms with Crippen LogP contribution >= 0.6 is 0 Å². The number of hydrogen-bond acceptors (Lipinski definition) is 4. The fourth-order valence-electron chi connectivity index (χ4n) is 3.40. The number of aromatic nitrogens is 3. The van der Waals surface area contributed by atoms with E-state index in [1.165, 1.54) is 5.56 Å². The zero-order valence-electron chi connectivity index (χ0n) is 17.3. The summed E-state index contributed by atoms with van der Waals surface area (Å²) < 4.78 is 1.74. The van der Waals surface area contributed by atoms with E-state index < -0.39 is 0 Å². The van der Waals surface area contributed by atoms with E-state index in [1.807, 2.05) is 48.5 Å². The lowest BCUT2D eigenvalue weighted by molar-refractivity contribution is 0.0992. The summed E-state index contributed by atoms with van der Waals surface area (Å²) in [5.41, 5.74) is 5.63. The Morgan fingerprint density at radius 2 is 1.73 bits per heavy atom. The van der Waals surface area contributed by atoms with Crippen LogP contribution in [0.5, 0.6) is 0 Å². The summed E-state index contributed by atoms with van der Waals surface area (Å²) in [7, 11) is 0. The third-order valence-corrected chi connectivity index (χ3v) is 5.14. The molecule has 0 atom stereocenters. The normalized spacial score (nSPS) is 11.4. The van der Waals surface area contributed by atoms with Gasteiger partial charge < -0.3 is 0 Å². The Balaban J connectivity index is 1.66. The minimum Gasteiger partial charge on any atom is -0.294 e. The van der Waals surface area contributed by atoms with Crippen molar-refractivity contribution in [3.63, 3.8) is 0 Å². The maximum absolute atomic E-state index is 12.9. The molecular formula is C25H22N4O. The molecule has 0 amide bonds. The molecule has 0 radical (unpaired) electrons. The summed E-state index contributed by atoms with van der Waals surface area (Å²) in [5, 5.41) is 13.4. The molecule has 2 heterocycles. The Morgan fingerprint density at radius 3 is 2.37 bits per heavy atom. The van der Waals surface area contributed by atoms with Crippen LogP contribution in [0.3, 0.4) is 0 Å². The first-order valence-electron chi connectivity index (χ1n) is 9.83. The summed E-state index contributed by atoms with van der Waals surface area (Å²) in [5.74, 6) is 0.0256. The van der Waals surface area contributed by atoms with Crippen molar-refractivity contribution in [2.24, 2.45) is 0 Å². The summed E-state index contributed by atoms with van der Waals surface area (Å²) in [6.07, 6.45) is 1.89. The fourth-order valence-corrected chi connectivity index (χ4v) is 3.40. The molecule has 0 aliphatic carbocycles. The lowest BCUT2D eigenvalue weighted by Crippen LogP contribution is -2.12. The van der Waals surface area contributed by atoms with Gasteiger partial charge in [0.05, 0.1) is 35.6 Å². The van der Waals surface area contributed by atoms with Crippen molar-refractivity contribution in [1.82, 2.24) is 14.6 Å². The van der Waals surface area contributed by atoms with Crippen molar-refractivity contribution >= 4 is 11.4 Å². The molecule has 0 saturated heterocycles. The molecule has 2 aromatic carbocycles. The molecular weight excluding hydrogens is 372 g/mol. The second kappa shape index (κ2) is 7.57. The van der Waals surface area contributed by atoms with Gasteiger partial charge in [0, 0.05) is 17.2 Å². The molecule has 5 nitrogen and oxygen atoms in total. The molecule has 30 heavy (non-hydrogen) atoms. The van der Waals surface area contributed by atoms with Gasteiger partial charge in [0.15, 0.2) is 11.4 Å². The van der Waals surface area contributed by atoms with E-state index in [0.29, 0.717) is 22.5 Å². The molecule has 5 heteroatoms. The number of ketones is 1. The molecule has 4 aromatic rings. The van der Waals surface area contributed by atoms with Gasteiger partial charge in [-0.3, -0.25) is 4.79 Å². The van der Waals surface area contributed by atoms with E-state index in [4.69, 9.17) is 5.26 Å². The first-order chi connectivity index (χ1) is 14.3. The zero-order chi connectivity index (χ0) is 21.3. The molecule has 0 unspecified atom stereocenters. The van der Waals surface area contributed by atoms with Gasteiger partial charge in [0.25, 0.3) is 0 Å². The molecule has 2 aromatic heterocycles. The highest BCUT2D eigenvalue weighted by molar-refractivity contribution is 5.97. The minimum absolute atomic E-state index is 0.0256. The smallest absolute Gasteiger partial charge is 0.168 e. The molecule has 0 bridgehead atoms. The Morgan fingerprint density at radius 1 is 1.03 bits per heavy atom. The van der Waals surface area contributed by atoms with Crippen molar-refractivity contribution in [3.05, 3.63) is 89.2 Å². The molecule has 0 fully saturated rings. The standard InChI is InChI=1S/C25H22N4O/c1-25(2,3)20-10-8-19(9-11-20)23(30)15-21-14-22(29-24(28-21)12-13-27-29)18-6-4-17(16-26)5-7-18/h4-14H,15H2,1-3H3. The van der Waals surface area contributed by atoms with Gasteiger partial charge in [-0.2, -0.15) is 10.4 Å². The van der Waals surface area contributed by atoms with Gasteiger partial charge in [-0.25, -0.2) is 9.50 Å². The van der Waals surface area contributed by atoms with E-state index in [1.54, 1.807) is 22.8 Å². The van der Waals surface area contributed by atoms with Crippen LogP contribution in [0, 0.1) is 11.3 Å². The number of Topliss-reactive ketones (excluding diaryl/α,β-unsaturated/α-hetero) is 1. The molecule has 0 spiro atoms. The van der Waals surface area contributed by atoms with E-state index >= 15 is 0 Å². The van der Waals surface area contributed by atoms with E-state index in [-0.39, 0.29) is 17.6 Å². The lowest BCUT2D eigenvalue weighted by Gasteiger charge is -2.19. The molecule has 0 aliphatic rings. The third-order valence-electron chi connectivity index (χ3n) is 5.14. The molecule has 4 rings (SSSR count). The monoisotopic (exact) mass is 394 g/mol. The van der Waals surface area contributed by atoms with Gasteiger partial charge in [-0.05, 0) is 29.2 Å². The number of nitriles is 1. The summed E-state index contributed by atoms with van der Waals surface area (Å²) in [6, 6.07) is 21.0. The fraction of sp³-hybridized carbons (Fsp3) is 0.200. The summed E-state index contributed by atoms with van der Waals surface area (Å²) in [4.78, 5) is 17.5. The van der Waals surface area contributed by atoms with E-state index in [0.717, 1.165) is 11.3 Å². The largest absolute Gasteiger partial charge is 0.294 e. The van der Waals surface area contributed by atoms with Crippen LogP contribution in [-0.2, 0) is 11.8 Å². The lowest BCUT2D eigenvalue weighted by atomic mass is 9.86. The molecule has 0 saturated carbocycles. The number of benzene rings is 2. The summed E-state index contributed by atoms with van der Waals surface area (Å²) >= 11 is 0. The number of hydrogen-bond donors (Lipinski definition) is 0.